The van der Waals surface area contributed by atoms with Crippen LogP contribution in [0.15, 0.2) is 41.1 Å². The van der Waals surface area contributed by atoms with Crippen molar-refractivity contribution in [1.82, 2.24) is 10.2 Å². The van der Waals surface area contributed by atoms with Gasteiger partial charge < -0.3 is 9.52 Å². The molecule has 3 aliphatic carbocycles. The van der Waals surface area contributed by atoms with Crippen LogP contribution in [0.3, 0.4) is 0 Å². The number of aliphatic hydroxyl groups is 1. The molecule has 0 amide bonds. The topological polar surface area (TPSA) is 62.1 Å². The van der Waals surface area contributed by atoms with Crippen molar-refractivity contribution in [2.24, 2.45) is 11.3 Å². The van der Waals surface area contributed by atoms with Crippen LogP contribution in [0.2, 0.25) is 0 Å². The van der Waals surface area contributed by atoms with Gasteiger partial charge >= 0.3 is 0 Å². The van der Waals surface area contributed by atoms with E-state index in [0.29, 0.717) is 5.92 Å². The Kier molecular flexibility index (Phi) is 2.27. The minimum atomic E-state index is -0.423. The number of fused-ring (bicyclic) bond motifs is 5. The number of aliphatic hydroxyl groups excluding tert-OH is 1. The fourth-order valence-electron chi connectivity index (χ4n) is 5.55. The third kappa shape index (κ3) is 1.41. The van der Waals surface area contributed by atoms with E-state index < -0.39 is 6.10 Å². The zero-order valence-electron chi connectivity index (χ0n) is 13.2. The first kappa shape index (κ1) is 13.0. The minimum absolute atomic E-state index is 0.167. The fourth-order valence-corrected chi connectivity index (χ4v) is 5.55. The lowest BCUT2D eigenvalue weighted by Gasteiger charge is -2.35. The van der Waals surface area contributed by atoms with Crippen LogP contribution in [0.4, 0.5) is 0 Å². The van der Waals surface area contributed by atoms with Crippen molar-refractivity contribution in [3.05, 3.63) is 53.6 Å². The van der Waals surface area contributed by atoms with Gasteiger partial charge in [0.15, 0.2) is 0 Å². The minimum Gasteiger partial charge on any atom is -0.465 e. The summed E-state index contributed by atoms with van der Waals surface area (Å²) >= 11 is 0. The SMILES string of the molecule is O[C@H]1C(c2ccco2)=C2c3ccc4[nH]ncc4c3CC23CC[C@@H]1C3. The highest BCUT2D eigenvalue weighted by Gasteiger charge is 2.55. The summed E-state index contributed by atoms with van der Waals surface area (Å²) < 4.78 is 5.72. The van der Waals surface area contributed by atoms with E-state index in [4.69, 9.17) is 4.42 Å². The molecule has 3 atom stereocenters. The summed E-state index contributed by atoms with van der Waals surface area (Å²) in [5.74, 6) is 1.18. The Balaban J connectivity index is 1.72. The van der Waals surface area contributed by atoms with Gasteiger partial charge in [-0.25, -0.2) is 0 Å². The van der Waals surface area contributed by atoms with Crippen molar-refractivity contribution in [2.45, 2.75) is 31.8 Å². The first-order chi connectivity index (χ1) is 11.8. The third-order valence-corrected chi connectivity index (χ3v) is 6.50. The highest BCUT2D eigenvalue weighted by atomic mass is 16.3. The lowest BCUT2D eigenvalue weighted by molar-refractivity contribution is 0.150. The molecule has 2 bridgehead atoms. The summed E-state index contributed by atoms with van der Waals surface area (Å²) in [5, 5.41) is 19.6. The second kappa shape index (κ2) is 4.19. The van der Waals surface area contributed by atoms with Gasteiger partial charge in [0, 0.05) is 16.4 Å². The van der Waals surface area contributed by atoms with Crippen LogP contribution in [0, 0.1) is 11.3 Å². The number of H-pyrrole nitrogens is 1. The fraction of sp³-hybridized carbons (Fsp3) is 0.350. The van der Waals surface area contributed by atoms with Gasteiger partial charge in [-0.05, 0) is 66.5 Å². The smallest absolute Gasteiger partial charge is 0.132 e. The number of allylic oxidation sites excluding steroid dienone is 1. The Labute approximate surface area is 139 Å². The Bertz CT molecular complexity index is 998. The van der Waals surface area contributed by atoms with E-state index in [9.17, 15) is 5.11 Å². The van der Waals surface area contributed by atoms with Crippen molar-refractivity contribution >= 4 is 22.0 Å². The van der Waals surface area contributed by atoms with Gasteiger partial charge in [0.25, 0.3) is 0 Å². The first-order valence-electron chi connectivity index (χ1n) is 8.69. The van der Waals surface area contributed by atoms with Gasteiger partial charge in [-0.2, -0.15) is 5.10 Å². The average Bonchev–Trinajstić information content (AvgIpc) is 3.35. The second-order valence-corrected chi connectivity index (χ2v) is 7.59. The number of nitrogens with one attached hydrogen (secondary N) is 1. The highest BCUT2D eigenvalue weighted by Crippen LogP contribution is 2.65. The van der Waals surface area contributed by atoms with Gasteiger partial charge in [0.05, 0.1) is 24.1 Å². The van der Waals surface area contributed by atoms with Crippen molar-refractivity contribution in [1.29, 1.82) is 0 Å². The summed E-state index contributed by atoms with van der Waals surface area (Å²) in [5.41, 5.74) is 6.29. The number of aromatic amines is 1. The molecule has 4 nitrogen and oxygen atoms in total. The summed E-state index contributed by atoms with van der Waals surface area (Å²) in [4.78, 5) is 0. The highest BCUT2D eigenvalue weighted by molar-refractivity contribution is 6.02. The van der Waals surface area contributed by atoms with Gasteiger partial charge in [0.1, 0.15) is 5.76 Å². The molecule has 1 saturated carbocycles. The van der Waals surface area contributed by atoms with Crippen LogP contribution < -0.4 is 0 Å². The van der Waals surface area contributed by atoms with Crippen LogP contribution in [0.5, 0.6) is 0 Å². The van der Waals surface area contributed by atoms with Crippen LogP contribution in [-0.4, -0.2) is 21.4 Å². The number of furan rings is 1. The van der Waals surface area contributed by atoms with Gasteiger partial charge in [0.2, 0.25) is 0 Å². The number of benzene rings is 1. The zero-order valence-corrected chi connectivity index (χ0v) is 13.2. The van der Waals surface area contributed by atoms with Crippen molar-refractivity contribution in [3.8, 4) is 0 Å². The predicted molar refractivity (Wildman–Crippen MR) is 91.1 cm³/mol. The molecule has 2 heterocycles. The van der Waals surface area contributed by atoms with Crippen LogP contribution in [0.1, 0.15) is 36.1 Å². The lowest BCUT2D eigenvalue weighted by Crippen LogP contribution is -2.30. The third-order valence-electron chi connectivity index (χ3n) is 6.50. The largest absolute Gasteiger partial charge is 0.465 e. The van der Waals surface area contributed by atoms with Gasteiger partial charge in [-0.1, -0.05) is 6.07 Å². The molecule has 2 N–H and O–H groups in total. The summed E-state index contributed by atoms with van der Waals surface area (Å²) in [6.45, 7) is 0. The molecule has 4 heteroatoms. The van der Waals surface area contributed by atoms with E-state index in [1.54, 1.807) is 6.26 Å². The molecule has 0 aliphatic heterocycles. The Morgan fingerprint density at radius 3 is 3.12 bits per heavy atom. The van der Waals surface area contributed by atoms with Crippen molar-refractivity contribution in [3.63, 3.8) is 0 Å². The lowest BCUT2D eigenvalue weighted by atomic mass is 9.70. The normalized spacial score (nSPS) is 30.9. The molecule has 0 radical (unpaired) electrons. The number of aromatic nitrogens is 2. The molecule has 1 aromatic carbocycles. The molecule has 120 valence electrons. The molecule has 1 unspecified atom stereocenters. The molecular weight excluding hydrogens is 300 g/mol. The Hall–Kier alpha value is -2.33. The van der Waals surface area contributed by atoms with Gasteiger partial charge in [-0.3, -0.25) is 5.10 Å². The molecule has 1 spiro atoms. The average molecular weight is 318 g/mol. The maximum Gasteiger partial charge on any atom is 0.132 e. The molecule has 3 aromatic rings. The number of hydrogen-bond donors (Lipinski definition) is 2. The van der Waals surface area contributed by atoms with Gasteiger partial charge in [-0.15, -0.1) is 0 Å². The predicted octanol–water partition coefficient (Wildman–Crippen LogP) is 3.78. The Morgan fingerprint density at radius 2 is 2.25 bits per heavy atom. The summed E-state index contributed by atoms with van der Waals surface area (Å²) in [7, 11) is 0. The summed E-state index contributed by atoms with van der Waals surface area (Å²) in [6.07, 6.45) is 7.61. The molecule has 1 fully saturated rings. The van der Waals surface area contributed by atoms with Crippen molar-refractivity contribution < 1.29 is 9.52 Å². The van der Waals surface area contributed by atoms with Crippen LogP contribution in [-0.2, 0) is 6.42 Å². The zero-order chi connectivity index (χ0) is 15.9. The number of hydrogen-bond acceptors (Lipinski definition) is 3. The number of nitrogens with zero attached hydrogens (tertiary/aromatic N) is 1. The molecular formula is C20H18N2O2. The van der Waals surface area contributed by atoms with E-state index in [0.717, 1.165) is 42.5 Å². The standard InChI is InChI=1S/C20H18N2O2/c23-19-11-5-6-20(8-11)9-13-12(3-4-15-14(13)10-21-22-15)18(20)17(19)16-2-1-7-24-16/h1-4,7,10-11,19,23H,5-6,8-9H2,(H,21,22)/t11-,19-,20?/m1/s1. The van der Waals surface area contributed by atoms with E-state index in [1.807, 2.05) is 18.3 Å². The maximum absolute atomic E-state index is 11.0. The first-order valence-corrected chi connectivity index (χ1v) is 8.69. The molecule has 2 aromatic heterocycles. The number of rotatable bonds is 1. The molecule has 3 aliphatic rings. The molecule has 6 rings (SSSR count). The second-order valence-electron chi connectivity index (χ2n) is 7.59. The molecule has 24 heavy (non-hydrogen) atoms. The summed E-state index contributed by atoms with van der Waals surface area (Å²) in [6, 6.07) is 8.21. The monoisotopic (exact) mass is 318 g/mol. The quantitative estimate of drug-likeness (QED) is 0.717. The van der Waals surface area contributed by atoms with Crippen LogP contribution in [0.25, 0.3) is 22.0 Å². The van der Waals surface area contributed by atoms with Crippen molar-refractivity contribution in [2.75, 3.05) is 0 Å². The van der Waals surface area contributed by atoms with E-state index in [-0.39, 0.29) is 5.41 Å². The maximum atomic E-state index is 11.0. The molecule has 0 saturated heterocycles. The van der Waals surface area contributed by atoms with E-state index >= 15 is 0 Å². The Morgan fingerprint density at radius 1 is 1.29 bits per heavy atom. The van der Waals surface area contributed by atoms with E-state index in [1.165, 1.54) is 22.1 Å². The van der Waals surface area contributed by atoms with E-state index in [2.05, 4.69) is 22.3 Å². The van der Waals surface area contributed by atoms with Crippen LogP contribution >= 0.6 is 0 Å².